The summed E-state index contributed by atoms with van der Waals surface area (Å²) in [6.45, 7) is 5.88. The lowest BCUT2D eigenvalue weighted by molar-refractivity contribution is 0.101. The molecule has 0 aliphatic heterocycles. The molecule has 5 nitrogen and oxygen atoms in total. The van der Waals surface area contributed by atoms with E-state index in [9.17, 15) is 14.3 Å². The Labute approximate surface area is 157 Å². The molecule has 0 aliphatic rings. The summed E-state index contributed by atoms with van der Waals surface area (Å²) in [6, 6.07) is 11.9. The molecule has 0 bridgehead atoms. The molecule has 0 spiro atoms. The Hall–Kier alpha value is -3.02. The van der Waals surface area contributed by atoms with E-state index in [-0.39, 0.29) is 5.82 Å². The number of fused-ring (bicyclic) bond motifs is 1. The number of hydrogen-bond donors (Lipinski definition) is 1. The minimum atomic E-state index is -0.968. The summed E-state index contributed by atoms with van der Waals surface area (Å²) < 4.78 is 13.6. The highest BCUT2D eigenvalue weighted by Crippen LogP contribution is 2.27. The number of carboxylic acid groups (broad SMARTS) is 1. The van der Waals surface area contributed by atoms with Crippen molar-refractivity contribution in [2.75, 3.05) is 6.54 Å². The summed E-state index contributed by atoms with van der Waals surface area (Å²) in [5.41, 5.74) is 2.40. The third-order valence-electron chi connectivity index (χ3n) is 4.41. The van der Waals surface area contributed by atoms with Crippen molar-refractivity contribution in [2.24, 2.45) is 0 Å². The van der Waals surface area contributed by atoms with Gasteiger partial charge < -0.3 is 10.0 Å². The Bertz CT molecular complexity index is 968. The SMILES string of the molecule is CC(C)(C)N(CCc1nc2ccc(F)cc2cc1-c1ccccn1)C(=O)O. The Morgan fingerprint density at radius 3 is 2.59 bits per heavy atom. The molecule has 2 heterocycles. The number of carbonyl (C=O) groups is 1. The summed E-state index contributed by atoms with van der Waals surface area (Å²) in [5, 5.41) is 10.2. The van der Waals surface area contributed by atoms with Gasteiger partial charge >= 0.3 is 6.09 Å². The van der Waals surface area contributed by atoms with Gasteiger partial charge in [-0.3, -0.25) is 9.97 Å². The molecule has 1 amide bonds. The Kier molecular flexibility index (Phi) is 5.08. The molecule has 0 aliphatic carbocycles. The van der Waals surface area contributed by atoms with E-state index in [2.05, 4.69) is 9.97 Å². The zero-order valence-corrected chi connectivity index (χ0v) is 15.6. The van der Waals surface area contributed by atoms with Crippen molar-refractivity contribution in [1.82, 2.24) is 14.9 Å². The minimum Gasteiger partial charge on any atom is -0.465 e. The molecule has 0 unspecified atom stereocenters. The number of amides is 1. The molecule has 0 fully saturated rings. The second-order valence-corrected chi connectivity index (χ2v) is 7.39. The highest BCUT2D eigenvalue weighted by atomic mass is 19.1. The van der Waals surface area contributed by atoms with Gasteiger partial charge in [0.25, 0.3) is 0 Å². The Morgan fingerprint density at radius 2 is 1.96 bits per heavy atom. The fraction of sp³-hybridized carbons (Fsp3) is 0.286. The number of hydrogen-bond acceptors (Lipinski definition) is 3. The van der Waals surface area contributed by atoms with Gasteiger partial charge in [-0.1, -0.05) is 6.07 Å². The molecule has 0 atom stereocenters. The molecule has 27 heavy (non-hydrogen) atoms. The summed E-state index contributed by atoms with van der Waals surface area (Å²) in [6.07, 6.45) is 1.15. The smallest absolute Gasteiger partial charge is 0.407 e. The first-order valence-electron chi connectivity index (χ1n) is 8.77. The van der Waals surface area contributed by atoms with Crippen LogP contribution in [0.4, 0.5) is 9.18 Å². The van der Waals surface area contributed by atoms with Crippen molar-refractivity contribution in [1.29, 1.82) is 0 Å². The number of pyridine rings is 2. The Balaban J connectivity index is 2.05. The predicted molar refractivity (Wildman–Crippen MR) is 103 cm³/mol. The third kappa shape index (κ3) is 4.22. The lowest BCUT2D eigenvalue weighted by atomic mass is 10.0. The number of aromatic nitrogens is 2. The summed E-state index contributed by atoms with van der Waals surface area (Å²) in [5.74, 6) is -0.325. The van der Waals surface area contributed by atoms with E-state index in [1.165, 1.54) is 17.0 Å². The van der Waals surface area contributed by atoms with Crippen LogP contribution < -0.4 is 0 Å². The van der Waals surface area contributed by atoms with Gasteiger partial charge in [-0.2, -0.15) is 0 Å². The molecule has 3 aromatic rings. The zero-order chi connectivity index (χ0) is 19.6. The molecule has 6 heteroatoms. The molecular formula is C21H22FN3O2. The third-order valence-corrected chi connectivity index (χ3v) is 4.41. The molecule has 2 aromatic heterocycles. The van der Waals surface area contributed by atoms with Crippen LogP contribution in [0.5, 0.6) is 0 Å². The van der Waals surface area contributed by atoms with Crippen LogP contribution in [-0.4, -0.2) is 38.2 Å². The molecule has 3 rings (SSSR count). The van der Waals surface area contributed by atoms with Gasteiger partial charge in [-0.05, 0) is 57.2 Å². The fourth-order valence-corrected chi connectivity index (χ4v) is 3.06. The zero-order valence-electron chi connectivity index (χ0n) is 15.6. The van der Waals surface area contributed by atoms with Crippen LogP contribution in [-0.2, 0) is 6.42 Å². The van der Waals surface area contributed by atoms with Crippen LogP contribution in [0.2, 0.25) is 0 Å². The topological polar surface area (TPSA) is 66.3 Å². The van der Waals surface area contributed by atoms with Crippen molar-refractivity contribution in [3.8, 4) is 11.3 Å². The average Bonchev–Trinajstić information content (AvgIpc) is 2.60. The molecule has 0 saturated heterocycles. The predicted octanol–water partition coefficient (Wildman–Crippen LogP) is 4.76. The van der Waals surface area contributed by atoms with Gasteiger partial charge in [0.05, 0.1) is 16.9 Å². The van der Waals surface area contributed by atoms with E-state index >= 15 is 0 Å². The monoisotopic (exact) mass is 367 g/mol. The van der Waals surface area contributed by atoms with Crippen molar-refractivity contribution in [3.05, 3.63) is 60.2 Å². The van der Waals surface area contributed by atoms with Gasteiger partial charge in [-0.25, -0.2) is 9.18 Å². The lowest BCUT2D eigenvalue weighted by Crippen LogP contribution is -2.46. The average molecular weight is 367 g/mol. The van der Waals surface area contributed by atoms with Gasteiger partial charge in [0.15, 0.2) is 0 Å². The first-order chi connectivity index (χ1) is 12.8. The number of nitrogens with zero attached hydrogens (tertiary/aromatic N) is 3. The number of halogens is 1. The largest absolute Gasteiger partial charge is 0.465 e. The van der Waals surface area contributed by atoms with Crippen LogP contribution in [0.15, 0.2) is 48.7 Å². The van der Waals surface area contributed by atoms with Crippen molar-refractivity contribution in [3.63, 3.8) is 0 Å². The molecular weight excluding hydrogens is 345 g/mol. The fourth-order valence-electron chi connectivity index (χ4n) is 3.06. The highest BCUT2D eigenvalue weighted by molar-refractivity contribution is 5.84. The van der Waals surface area contributed by atoms with Crippen LogP contribution in [0.3, 0.4) is 0 Å². The summed E-state index contributed by atoms with van der Waals surface area (Å²) in [4.78, 5) is 22.1. The molecule has 0 radical (unpaired) electrons. The van der Waals surface area contributed by atoms with Crippen LogP contribution in [0, 0.1) is 5.82 Å². The lowest BCUT2D eigenvalue weighted by Gasteiger charge is -2.33. The summed E-state index contributed by atoms with van der Waals surface area (Å²) in [7, 11) is 0. The van der Waals surface area contributed by atoms with Gasteiger partial charge in [-0.15, -0.1) is 0 Å². The van der Waals surface area contributed by atoms with Crippen molar-refractivity contribution in [2.45, 2.75) is 32.7 Å². The standard InChI is InChI=1S/C21H22FN3O2/c1-21(2,3)25(20(26)27)11-9-19-16(18-6-4-5-10-23-18)13-14-12-15(22)7-8-17(14)24-19/h4-8,10,12-13H,9,11H2,1-3H3,(H,26,27). The normalized spacial score (nSPS) is 11.6. The number of rotatable bonds is 4. The second kappa shape index (κ2) is 7.31. The van der Waals surface area contributed by atoms with Crippen LogP contribution in [0.1, 0.15) is 26.5 Å². The van der Waals surface area contributed by atoms with Gasteiger partial charge in [0.2, 0.25) is 0 Å². The molecule has 1 N–H and O–H groups in total. The van der Waals surface area contributed by atoms with E-state index in [4.69, 9.17) is 0 Å². The maximum atomic E-state index is 13.6. The maximum absolute atomic E-state index is 13.6. The minimum absolute atomic E-state index is 0.304. The van der Waals surface area contributed by atoms with E-state index in [0.717, 1.165) is 17.0 Å². The highest BCUT2D eigenvalue weighted by Gasteiger charge is 2.26. The van der Waals surface area contributed by atoms with Crippen LogP contribution >= 0.6 is 0 Å². The quantitative estimate of drug-likeness (QED) is 0.722. The second-order valence-electron chi connectivity index (χ2n) is 7.39. The van der Waals surface area contributed by atoms with E-state index in [1.54, 1.807) is 12.3 Å². The van der Waals surface area contributed by atoms with Crippen molar-refractivity contribution < 1.29 is 14.3 Å². The number of benzene rings is 1. The van der Waals surface area contributed by atoms with E-state index in [1.807, 2.05) is 45.0 Å². The van der Waals surface area contributed by atoms with Gasteiger partial charge in [0, 0.05) is 35.7 Å². The summed E-state index contributed by atoms with van der Waals surface area (Å²) >= 11 is 0. The molecule has 0 saturated carbocycles. The van der Waals surface area contributed by atoms with Crippen molar-refractivity contribution >= 4 is 17.0 Å². The van der Waals surface area contributed by atoms with Gasteiger partial charge in [0.1, 0.15) is 5.82 Å². The van der Waals surface area contributed by atoms with Crippen LogP contribution in [0.25, 0.3) is 22.2 Å². The Morgan fingerprint density at radius 1 is 1.19 bits per heavy atom. The van der Waals surface area contributed by atoms with E-state index in [0.29, 0.717) is 23.9 Å². The van der Waals surface area contributed by atoms with E-state index < -0.39 is 11.6 Å². The first kappa shape index (κ1) is 18.8. The first-order valence-corrected chi connectivity index (χ1v) is 8.77. The molecule has 1 aromatic carbocycles. The maximum Gasteiger partial charge on any atom is 0.407 e. The molecule has 140 valence electrons.